The molecule has 5 heteroatoms. The second kappa shape index (κ2) is 8.14. The zero-order chi connectivity index (χ0) is 15.8. The first-order valence-electron chi connectivity index (χ1n) is 7.36. The number of carbonyl (C=O) groups excluding carboxylic acids is 1. The first-order chi connectivity index (χ1) is 10.6. The lowest BCUT2D eigenvalue weighted by Gasteiger charge is -2.11. The molecule has 0 bridgehead atoms. The molecule has 0 atom stereocenters. The normalized spacial score (nSPS) is 10.5. The van der Waals surface area contributed by atoms with Crippen molar-refractivity contribution >= 4 is 17.3 Å². The molecule has 2 aromatic rings. The molecule has 2 rings (SSSR count). The zero-order valence-corrected chi connectivity index (χ0v) is 13.0. The molecule has 116 valence electrons. The Morgan fingerprint density at radius 1 is 1.14 bits per heavy atom. The monoisotopic (exact) mass is 298 g/mol. The van der Waals surface area contributed by atoms with Crippen LogP contribution in [0, 0.1) is 0 Å². The SMILES string of the molecule is CN(C)CCCNc1ccnc(C(=O)Nc2ccccc2)c1. The van der Waals surface area contributed by atoms with Gasteiger partial charge in [0.1, 0.15) is 5.69 Å². The van der Waals surface area contributed by atoms with Crippen molar-refractivity contribution < 1.29 is 4.79 Å². The van der Waals surface area contributed by atoms with Crippen LogP contribution < -0.4 is 10.6 Å². The van der Waals surface area contributed by atoms with Crippen LogP contribution in [0.5, 0.6) is 0 Å². The lowest BCUT2D eigenvalue weighted by molar-refractivity contribution is 0.102. The van der Waals surface area contributed by atoms with Crippen LogP contribution in [0.1, 0.15) is 16.9 Å². The molecule has 1 aromatic carbocycles. The Morgan fingerprint density at radius 3 is 2.64 bits per heavy atom. The second-order valence-electron chi connectivity index (χ2n) is 5.33. The van der Waals surface area contributed by atoms with Crippen LogP contribution in [0.15, 0.2) is 48.7 Å². The van der Waals surface area contributed by atoms with E-state index in [2.05, 4.69) is 34.6 Å². The number of rotatable bonds is 7. The highest BCUT2D eigenvalue weighted by Gasteiger charge is 2.08. The minimum atomic E-state index is -0.205. The number of amides is 1. The van der Waals surface area contributed by atoms with E-state index in [0.29, 0.717) is 5.69 Å². The molecular weight excluding hydrogens is 276 g/mol. The molecule has 0 saturated carbocycles. The average Bonchev–Trinajstić information content (AvgIpc) is 2.53. The highest BCUT2D eigenvalue weighted by atomic mass is 16.1. The Bertz CT molecular complexity index is 599. The van der Waals surface area contributed by atoms with Gasteiger partial charge in [0.15, 0.2) is 0 Å². The molecule has 22 heavy (non-hydrogen) atoms. The predicted octanol–water partition coefficient (Wildman–Crippen LogP) is 2.70. The number of aromatic nitrogens is 1. The van der Waals surface area contributed by atoms with Crippen molar-refractivity contribution in [2.75, 3.05) is 37.8 Å². The van der Waals surface area contributed by atoms with Gasteiger partial charge in [-0.15, -0.1) is 0 Å². The average molecular weight is 298 g/mol. The highest BCUT2D eigenvalue weighted by molar-refractivity contribution is 6.03. The molecule has 0 aliphatic rings. The van der Waals surface area contributed by atoms with Crippen LogP contribution >= 0.6 is 0 Å². The molecule has 0 unspecified atom stereocenters. The molecule has 0 spiro atoms. The molecule has 0 aliphatic carbocycles. The summed E-state index contributed by atoms with van der Waals surface area (Å²) < 4.78 is 0. The standard InChI is InChI=1S/C17H22N4O/c1-21(2)12-6-10-18-15-9-11-19-16(13-15)17(22)20-14-7-4-3-5-8-14/h3-5,7-9,11,13H,6,10,12H2,1-2H3,(H,18,19)(H,20,22). The fourth-order valence-corrected chi connectivity index (χ4v) is 2.01. The third-order valence-electron chi connectivity index (χ3n) is 3.14. The van der Waals surface area contributed by atoms with E-state index in [1.807, 2.05) is 36.4 Å². The molecule has 1 amide bonds. The van der Waals surface area contributed by atoms with Gasteiger partial charge < -0.3 is 15.5 Å². The van der Waals surface area contributed by atoms with Crippen LogP contribution in [0.25, 0.3) is 0 Å². The van der Waals surface area contributed by atoms with Crippen molar-refractivity contribution in [1.82, 2.24) is 9.88 Å². The number of pyridine rings is 1. The van der Waals surface area contributed by atoms with E-state index >= 15 is 0 Å². The fourth-order valence-electron chi connectivity index (χ4n) is 2.01. The van der Waals surface area contributed by atoms with E-state index in [-0.39, 0.29) is 5.91 Å². The van der Waals surface area contributed by atoms with Crippen LogP contribution in [-0.2, 0) is 0 Å². The molecule has 0 radical (unpaired) electrons. The minimum Gasteiger partial charge on any atom is -0.385 e. The number of hydrogen-bond acceptors (Lipinski definition) is 4. The van der Waals surface area contributed by atoms with Crippen molar-refractivity contribution in [2.45, 2.75) is 6.42 Å². The largest absolute Gasteiger partial charge is 0.385 e. The third-order valence-corrected chi connectivity index (χ3v) is 3.14. The fraction of sp³-hybridized carbons (Fsp3) is 0.294. The van der Waals surface area contributed by atoms with E-state index in [0.717, 1.165) is 30.9 Å². The smallest absolute Gasteiger partial charge is 0.274 e. The van der Waals surface area contributed by atoms with Crippen LogP contribution in [0.3, 0.4) is 0 Å². The maximum Gasteiger partial charge on any atom is 0.274 e. The van der Waals surface area contributed by atoms with Gasteiger partial charge in [-0.1, -0.05) is 18.2 Å². The zero-order valence-electron chi connectivity index (χ0n) is 13.0. The van der Waals surface area contributed by atoms with Gasteiger partial charge in [0.25, 0.3) is 5.91 Å². The Labute approximate surface area is 131 Å². The van der Waals surface area contributed by atoms with E-state index in [1.165, 1.54) is 0 Å². The van der Waals surface area contributed by atoms with Gasteiger partial charge in [-0.2, -0.15) is 0 Å². The molecule has 1 aromatic heterocycles. The summed E-state index contributed by atoms with van der Waals surface area (Å²) in [5, 5.41) is 6.14. The van der Waals surface area contributed by atoms with Gasteiger partial charge in [-0.25, -0.2) is 0 Å². The molecular formula is C17H22N4O. The summed E-state index contributed by atoms with van der Waals surface area (Å²) >= 11 is 0. The molecule has 0 fully saturated rings. The van der Waals surface area contributed by atoms with Gasteiger partial charge in [0, 0.05) is 24.1 Å². The third kappa shape index (κ3) is 5.18. The number of para-hydroxylation sites is 1. The summed E-state index contributed by atoms with van der Waals surface area (Å²) in [5.41, 5.74) is 2.08. The minimum absolute atomic E-state index is 0.205. The lowest BCUT2D eigenvalue weighted by Crippen LogP contribution is -2.17. The molecule has 0 aliphatic heterocycles. The number of hydrogen-bond donors (Lipinski definition) is 2. The first kappa shape index (κ1) is 16.0. The summed E-state index contributed by atoms with van der Waals surface area (Å²) in [5.74, 6) is -0.205. The lowest BCUT2D eigenvalue weighted by atomic mass is 10.2. The van der Waals surface area contributed by atoms with Gasteiger partial charge in [0.2, 0.25) is 0 Å². The molecule has 2 N–H and O–H groups in total. The summed E-state index contributed by atoms with van der Waals surface area (Å²) in [6.07, 6.45) is 2.69. The van der Waals surface area contributed by atoms with Crippen LogP contribution in [0.2, 0.25) is 0 Å². The number of nitrogens with zero attached hydrogens (tertiary/aromatic N) is 2. The first-order valence-corrected chi connectivity index (χ1v) is 7.36. The Balaban J connectivity index is 1.91. The Hall–Kier alpha value is -2.40. The van der Waals surface area contributed by atoms with Crippen molar-refractivity contribution in [1.29, 1.82) is 0 Å². The Kier molecular flexibility index (Phi) is 5.91. The number of benzene rings is 1. The highest BCUT2D eigenvalue weighted by Crippen LogP contribution is 2.11. The van der Waals surface area contributed by atoms with Gasteiger partial charge in [0.05, 0.1) is 0 Å². The van der Waals surface area contributed by atoms with E-state index in [9.17, 15) is 4.79 Å². The summed E-state index contributed by atoms with van der Waals surface area (Å²) in [6.45, 7) is 1.89. The van der Waals surface area contributed by atoms with Crippen molar-refractivity contribution in [3.8, 4) is 0 Å². The van der Waals surface area contributed by atoms with E-state index in [1.54, 1.807) is 12.3 Å². The maximum atomic E-state index is 12.2. The maximum absolute atomic E-state index is 12.2. The quantitative estimate of drug-likeness (QED) is 0.772. The van der Waals surface area contributed by atoms with E-state index < -0.39 is 0 Å². The number of anilines is 2. The van der Waals surface area contributed by atoms with Gasteiger partial charge in [-0.05, 0) is 51.3 Å². The van der Waals surface area contributed by atoms with Crippen molar-refractivity contribution in [2.24, 2.45) is 0 Å². The molecule has 1 heterocycles. The molecule has 5 nitrogen and oxygen atoms in total. The Morgan fingerprint density at radius 2 is 1.91 bits per heavy atom. The molecule has 0 saturated heterocycles. The van der Waals surface area contributed by atoms with Crippen molar-refractivity contribution in [3.05, 3.63) is 54.4 Å². The summed E-state index contributed by atoms with van der Waals surface area (Å²) in [4.78, 5) is 18.5. The predicted molar refractivity (Wildman–Crippen MR) is 90.3 cm³/mol. The van der Waals surface area contributed by atoms with Gasteiger partial charge in [-0.3, -0.25) is 9.78 Å². The van der Waals surface area contributed by atoms with Crippen molar-refractivity contribution in [3.63, 3.8) is 0 Å². The van der Waals surface area contributed by atoms with Crippen LogP contribution in [0.4, 0.5) is 11.4 Å². The topological polar surface area (TPSA) is 57.3 Å². The second-order valence-corrected chi connectivity index (χ2v) is 5.33. The summed E-state index contributed by atoms with van der Waals surface area (Å²) in [6, 6.07) is 13.0. The number of carbonyl (C=O) groups is 1. The summed E-state index contributed by atoms with van der Waals surface area (Å²) in [7, 11) is 4.11. The van der Waals surface area contributed by atoms with Gasteiger partial charge >= 0.3 is 0 Å². The van der Waals surface area contributed by atoms with E-state index in [4.69, 9.17) is 0 Å². The number of nitrogens with one attached hydrogen (secondary N) is 2. The van der Waals surface area contributed by atoms with Crippen LogP contribution in [-0.4, -0.2) is 43.0 Å².